The van der Waals surface area contributed by atoms with E-state index in [9.17, 15) is 5.11 Å². The predicted molar refractivity (Wildman–Crippen MR) is 61.3 cm³/mol. The Labute approximate surface area is 97.3 Å². The first-order chi connectivity index (χ1) is 8.38. The van der Waals surface area contributed by atoms with Gasteiger partial charge in [-0.05, 0) is 12.1 Å². The lowest BCUT2D eigenvalue weighted by Gasteiger charge is -2.00. The number of hydrogen-bond donors (Lipinski definition) is 1. The van der Waals surface area contributed by atoms with E-state index < -0.39 is 0 Å². The monoisotopic (exact) mass is 229 g/mol. The van der Waals surface area contributed by atoms with E-state index in [1.165, 1.54) is 0 Å². The van der Waals surface area contributed by atoms with E-state index in [-0.39, 0.29) is 6.61 Å². The summed E-state index contributed by atoms with van der Waals surface area (Å²) in [6, 6.07) is 5.62. The van der Waals surface area contributed by atoms with E-state index >= 15 is 0 Å². The van der Waals surface area contributed by atoms with Crippen molar-refractivity contribution in [3.63, 3.8) is 0 Å². The molecule has 0 aliphatic rings. The Balaban J connectivity index is 2.10. The zero-order chi connectivity index (χ0) is 11.7. The van der Waals surface area contributed by atoms with Gasteiger partial charge in [-0.15, -0.1) is 0 Å². The number of nitrogens with zero attached hydrogens (tertiary/aromatic N) is 3. The van der Waals surface area contributed by atoms with Crippen LogP contribution in [0.3, 0.4) is 0 Å². The molecule has 0 saturated carbocycles. The second-order valence-electron chi connectivity index (χ2n) is 3.79. The maximum atomic E-state index is 9.30. The van der Waals surface area contributed by atoms with Gasteiger partial charge in [-0.3, -0.25) is 0 Å². The molecule has 0 unspecified atom stereocenters. The highest BCUT2D eigenvalue weighted by Crippen LogP contribution is 2.20. The number of hydrogen-bond acceptors (Lipinski definition) is 4. The first kappa shape index (κ1) is 10.0. The maximum Gasteiger partial charge on any atom is 0.156 e. The summed E-state index contributed by atoms with van der Waals surface area (Å²) >= 11 is 0. The molecule has 0 bridgehead atoms. The average molecular weight is 229 g/mol. The van der Waals surface area contributed by atoms with Gasteiger partial charge in [-0.2, -0.15) is 0 Å². The van der Waals surface area contributed by atoms with Crippen molar-refractivity contribution in [2.75, 3.05) is 0 Å². The third-order valence-corrected chi connectivity index (χ3v) is 2.70. The highest BCUT2D eigenvalue weighted by Gasteiger charge is 2.09. The molecule has 5 heteroatoms. The van der Waals surface area contributed by atoms with Gasteiger partial charge in [0.05, 0.1) is 19.3 Å². The molecule has 1 N–H and O–H groups in total. The van der Waals surface area contributed by atoms with Crippen LogP contribution in [0, 0.1) is 0 Å². The topological polar surface area (TPSA) is 64.1 Å². The first-order valence-corrected chi connectivity index (χ1v) is 5.31. The molecule has 0 saturated heterocycles. The average Bonchev–Trinajstić information content (AvgIpc) is 2.98. The molecule has 0 atom stereocenters. The number of aliphatic hydroxyl groups excluding tert-OH is 1. The van der Waals surface area contributed by atoms with Crippen molar-refractivity contribution >= 4 is 11.0 Å². The summed E-state index contributed by atoms with van der Waals surface area (Å²) in [6.45, 7) is 0.569. The van der Waals surface area contributed by atoms with Crippen molar-refractivity contribution in [2.24, 2.45) is 0 Å². The summed E-state index contributed by atoms with van der Waals surface area (Å²) in [4.78, 5) is 4.32. The third-order valence-electron chi connectivity index (χ3n) is 2.70. The molecule has 0 amide bonds. The van der Waals surface area contributed by atoms with Gasteiger partial charge in [-0.25, -0.2) is 4.98 Å². The number of rotatable bonds is 3. The summed E-state index contributed by atoms with van der Waals surface area (Å²) in [5.41, 5.74) is 1.71. The normalized spacial score (nSPS) is 11.1. The lowest BCUT2D eigenvalue weighted by atomic mass is 10.2. The van der Waals surface area contributed by atoms with Crippen molar-refractivity contribution in [1.29, 1.82) is 0 Å². The minimum atomic E-state index is 0.00555. The highest BCUT2D eigenvalue weighted by molar-refractivity contribution is 5.80. The molecule has 0 aromatic carbocycles. The van der Waals surface area contributed by atoms with E-state index in [0.717, 1.165) is 22.4 Å². The molecule has 3 aromatic rings. The molecule has 3 rings (SSSR count). The molecule has 17 heavy (non-hydrogen) atoms. The molecule has 86 valence electrons. The highest BCUT2D eigenvalue weighted by atomic mass is 16.5. The van der Waals surface area contributed by atoms with Gasteiger partial charge in [0.25, 0.3) is 0 Å². The molecule has 0 fully saturated rings. The molecular formula is C12H11N3O2. The van der Waals surface area contributed by atoms with E-state index in [0.29, 0.717) is 6.54 Å². The van der Waals surface area contributed by atoms with Gasteiger partial charge in [0.2, 0.25) is 0 Å². The van der Waals surface area contributed by atoms with Crippen LogP contribution in [0.15, 0.2) is 41.3 Å². The predicted octanol–water partition coefficient (Wildman–Crippen LogP) is 1.56. The summed E-state index contributed by atoms with van der Waals surface area (Å²) in [5, 5.41) is 13.9. The SMILES string of the molecule is OCc1cn(Cc2ccno2)c2ncccc12. The Morgan fingerprint density at radius 2 is 2.24 bits per heavy atom. The lowest BCUT2D eigenvalue weighted by molar-refractivity contribution is 0.283. The van der Waals surface area contributed by atoms with E-state index in [1.54, 1.807) is 12.4 Å². The minimum Gasteiger partial charge on any atom is -0.392 e. The molecule has 0 aliphatic heterocycles. The van der Waals surface area contributed by atoms with E-state index in [4.69, 9.17) is 4.52 Å². The van der Waals surface area contributed by atoms with Crippen molar-refractivity contribution in [2.45, 2.75) is 13.2 Å². The van der Waals surface area contributed by atoms with E-state index in [2.05, 4.69) is 10.1 Å². The molecule has 3 heterocycles. The van der Waals surface area contributed by atoms with Gasteiger partial charge < -0.3 is 14.2 Å². The van der Waals surface area contributed by atoms with Crippen LogP contribution in [0.5, 0.6) is 0 Å². The summed E-state index contributed by atoms with van der Waals surface area (Å²) < 4.78 is 7.01. The van der Waals surface area contributed by atoms with Gasteiger partial charge in [0.15, 0.2) is 5.76 Å². The van der Waals surface area contributed by atoms with Crippen LogP contribution in [0.4, 0.5) is 0 Å². The fraction of sp³-hybridized carbons (Fsp3) is 0.167. The van der Waals surface area contributed by atoms with Crippen molar-refractivity contribution in [1.82, 2.24) is 14.7 Å². The van der Waals surface area contributed by atoms with Crippen molar-refractivity contribution in [3.05, 3.63) is 48.1 Å². The van der Waals surface area contributed by atoms with Gasteiger partial charge in [0, 0.05) is 29.4 Å². The Bertz CT molecular complexity index is 628. The van der Waals surface area contributed by atoms with Crippen LogP contribution in [0.1, 0.15) is 11.3 Å². The number of aromatic nitrogens is 3. The summed E-state index contributed by atoms with van der Waals surface area (Å²) in [6.07, 6.45) is 5.24. The van der Waals surface area contributed by atoms with Crippen LogP contribution >= 0.6 is 0 Å². The van der Waals surface area contributed by atoms with Crippen LogP contribution < -0.4 is 0 Å². The maximum absolute atomic E-state index is 9.30. The summed E-state index contributed by atoms with van der Waals surface area (Å²) in [5.74, 6) is 0.761. The lowest BCUT2D eigenvalue weighted by Crippen LogP contribution is -1.97. The molecule has 3 aromatic heterocycles. The molecule has 5 nitrogen and oxygen atoms in total. The Kier molecular flexibility index (Phi) is 2.38. The second-order valence-corrected chi connectivity index (χ2v) is 3.79. The van der Waals surface area contributed by atoms with Crippen LogP contribution in [0.25, 0.3) is 11.0 Å². The Morgan fingerprint density at radius 1 is 1.29 bits per heavy atom. The largest absolute Gasteiger partial charge is 0.392 e. The van der Waals surface area contributed by atoms with Gasteiger partial charge in [0.1, 0.15) is 5.65 Å². The number of aliphatic hydroxyl groups is 1. The van der Waals surface area contributed by atoms with Gasteiger partial charge >= 0.3 is 0 Å². The van der Waals surface area contributed by atoms with Crippen LogP contribution in [0.2, 0.25) is 0 Å². The molecular weight excluding hydrogens is 218 g/mol. The van der Waals surface area contributed by atoms with Crippen molar-refractivity contribution in [3.8, 4) is 0 Å². The Hall–Kier alpha value is -2.14. The zero-order valence-corrected chi connectivity index (χ0v) is 9.08. The zero-order valence-electron chi connectivity index (χ0n) is 9.08. The minimum absolute atomic E-state index is 0.00555. The second kappa shape index (κ2) is 4.03. The van der Waals surface area contributed by atoms with Crippen LogP contribution in [-0.4, -0.2) is 19.8 Å². The number of pyridine rings is 1. The third kappa shape index (κ3) is 1.70. The van der Waals surface area contributed by atoms with Gasteiger partial charge in [-0.1, -0.05) is 5.16 Å². The smallest absolute Gasteiger partial charge is 0.156 e. The van der Waals surface area contributed by atoms with E-state index in [1.807, 2.05) is 29.0 Å². The quantitative estimate of drug-likeness (QED) is 0.740. The molecule has 0 spiro atoms. The first-order valence-electron chi connectivity index (χ1n) is 5.31. The molecule has 0 radical (unpaired) electrons. The fourth-order valence-electron chi connectivity index (χ4n) is 1.93. The molecule has 0 aliphatic carbocycles. The Morgan fingerprint density at radius 3 is 3.00 bits per heavy atom. The fourth-order valence-corrected chi connectivity index (χ4v) is 1.93. The summed E-state index contributed by atoms with van der Waals surface area (Å²) in [7, 11) is 0. The van der Waals surface area contributed by atoms with Crippen molar-refractivity contribution < 1.29 is 9.63 Å². The number of fused-ring (bicyclic) bond motifs is 1. The standard InChI is InChI=1S/C12H11N3O2/c16-8-9-6-15(7-10-3-5-14-17-10)12-11(9)2-1-4-13-12/h1-6,16H,7-8H2. The van der Waals surface area contributed by atoms with Crippen LogP contribution in [-0.2, 0) is 13.2 Å².